The van der Waals surface area contributed by atoms with Gasteiger partial charge in [-0.15, -0.1) is 0 Å². The summed E-state index contributed by atoms with van der Waals surface area (Å²) in [5.74, 6) is 0. The minimum Gasteiger partial charge on any atom is -0.396 e. The van der Waals surface area contributed by atoms with Gasteiger partial charge in [0.15, 0.2) is 0 Å². The van der Waals surface area contributed by atoms with Crippen LogP contribution in [0.1, 0.15) is 31.7 Å². The molecule has 0 saturated heterocycles. The van der Waals surface area contributed by atoms with Gasteiger partial charge in [0.2, 0.25) is 0 Å². The normalized spacial score (nSPS) is 15.1. The van der Waals surface area contributed by atoms with E-state index >= 15 is 0 Å². The van der Waals surface area contributed by atoms with Crippen LogP contribution in [0.25, 0.3) is 0 Å². The van der Waals surface area contributed by atoms with Crippen LogP contribution < -0.4 is 5.73 Å². The molecule has 1 aromatic heterocycles. The first-order valence-corrected chi connectivity index (χ1v) is 5.93. The molecule has 0 saturated carbocycles. The number of hydrogen-bond acceptors (Lipinski definition) is 3. The van der Waals surface area contributed by atoms with Crippen molar-refractivity contribution in [3.8, 4) is 0 Å². The van der Waals surface area contributed by atoms with Crippen molar-refractivity contribution in [3.05, 3.63) is 17.5 Å². The van der Waals surface area contributed by atoms with Crippen LogP contribution in [0.4, 0.5) is 0 Å². The topological polar surface area (TPSA) is 64.1 Å². The molecule has 92 valence electrons. The van der Waals surface area contributed by atoms with E-state index in [1.807, 2.05) is 11.7 Å². The van der Waals surface area contributed by atoms with E-state index in [0.29, 0.717) is 6.54 Å². The van der Waals surface area contributed by atoms with Crippen LogP contribution >= 0.6 is 0 Å². The molecule has 0 amide bonds. The molecule has 1 atom stereocenters. The predicted octanol–water partition coefficient (Wildman–Crippen LogP) is 0.872. The highest BCUT2D eigenvalue weighted by atomic mass is 16.3. The molecule has 0 aliphatic carbocycles. The Hall–Kier alpha value is -0.870. The fourth-order valence-electron chi connectivity index (χ4n) is 1.87. The molecule has 4 heteroatoms. The molecule has 1 aromatic rings. The molecule has 4 nitrogen and oxygen atoms in total. The first-order chi connectivity index (χ1) is 7.60. The van der Waals surface area contributed by atoms with Crippen LogP contribution in [-0.4, -0.2) is 28.0 Å². The number of nitrogens with two attached hydrogens (primary N) is 1. The summed E-state index contributed by atoms with van der Waals surface area (Å²) in [5, 5.41) is 13.9. The maximum atomic E-state index is 9.48. The molecule has 0 aliphatic rings. The van der Waals surface area contributed by atoms with E-state index in [2.05, 4.69) is 25.0 Å². The third kappa shape index (κ3) is 2.62. The first-order valence-electron chi connectivity index (χ1n) is 5.93. The predicted molar refractivity (Wildman–Crippen MR) is 65.2 cm³/mol. The lowest BCUT2D eigenvalue weighted by Gasteiger charge is -2.28. The average Bonchev–Trinajstić information content (AvgIpc) is 2.67. The number of nitrogens with zero attached hydrogens (tertiary/aromatic N) is 2. The quantitative estimate of drug-likeness (QED) is 0.755. The second kappa shape index (κ2) is 5.46. The fourth-order valence-corrected chi connectivity index (χ4v) is 1.87. The minimum atomic E-state index is -0.196. The molecular formula is C12H23N3O. The maximum absolute atomic E-state index is 9.48. The Morgan fingerprint density at radius 1 is 1.50 bits per heavy atom. The number of aliphatic hydroxyl groups is 1. The SMILES string of the molecule is CCc1cc(CC(CC)(CN)CO)n(C)n1. The molecule has 1 unspecified atom stereocenters. The molecule has 1 heterocycles. The van der Waals surface area contributed by atoms with Gasteiger partial charge in [-0.2, -0.15) is 5.10 Å². The molecule has 0 bridgehead atoms. The van der Waals surface area contributed by atoms with Crippen LogP contribution in [0.3, 0.4) is 0 Å². The molecule has 3 N–H and O–H groups in total. The minimum absolute atomic E-state index is 0.132. The largest absolute Gasteiger partial charge is 0.396 e. The second-order valence-corrected chi connectivity index (χ2v) is 4.50. The van der Waals surface area contributed by atoms with E-state index in [1.54, 1.807) is 0 Å². The van der Waals surface area contributed by atoms with E-state index in [-0.39, 0.29) is 12.0 Å². The average molecular weight is 225 g/mol. The van der Waals surface area contributed by atoms with Crippen molar-refractivity contribution in [2.24, 2.45) is 18.2 Å². The third-order valence-corrected chi connectivity index (χ3v) is 3.46. The highest BCUT2D eigenvalue weighted by Gasteiger charge is 2.27. The Labute approximate surface area is 97.5 Å². The van der Waals surface area contributed by atoms with Gasteiger partial charge in [0, 0.05) is 24.7 Å². The smallest absolute Gasteiger partial charge is 0.0624 e. The number of aryl methyl sites for hydroxylation is 2. The summed E-state index contributed by atoms with van der Waals surface area (Å²) in [6.07, 6.45) is 2.61. The Kier molecular flexibility index (Phi) is 4.50. The summed E-state index contributed by atoms with van der Waals surface area (Å²) in [7, 11) is 1.95. The van der Waals surface area contributed by atoms with Gasteiger partial charge in [0.1, 0.15) is 0 Å². The van der Waals surface area contributed by atoms with Crippen molar-refractivity contribution < 1.29 is 5.11 Å². The molecule has 0 spiro atoms. The third-order valence-electron chi connectivity index (χ3n) is 3.46. The Balaban J connectivity index is 2.88. The Morgan fingerprint density at radius 3 is 2.56 bits per heavy atom. The number of hydrogen-bond donors (Lipinski definition) is 2. The molecule has 16 heavy (non-hydrogen) atoms. The van der Waals surface area contributed by atoms with Crippen LogP contribution in [0.5, 0.6) is 0 Å². The second-order valence-electron chi connectivity index (χ2n) is 4.50. The molecular weight excluding hydrogens is 202 g/mol. The van der Waals surface area contributed by atoms with Gasteiger partial charge in [0.05, 0.1) is 12.3 Å². The number of aromatic nitrogens is 2. The van der Waals surface area contributed by atoms with Crippen molar-refractivity contribution in [2.45, 2.75) is 33.1 Å². The van der Waals surface area contributed by atoms with Gasteiger partial charge in [0.25, 0.3) is 0 Å². The number of rotatable bonds is 6. The molecule has 0 radical (unpaired) electrons. The monoisotopic (exact) mass is 225 g/mol. The van der Waals surface area contributed by atoms with Crippen molar-refractivity contribution in [1.82, 2.24) is 9.78 Å². The van der Waals surface area contributed by atoms with Crippen molar-refractivity contribution in [2.75, 3.05) is 13.2 Å². The maximum Gasteiger partial charge on any atom is 0.0624 e. The zero-order chi connectivity index (χ0) is 12.2. The summed E-state index contributed by atoms with van der Waals surface area (Å²) in [5.41, 5.74) is 7.83. The summed E-state index contributed by atoms with van der Waals surface area (Å²) < 4.78 is 1.90. The lowest BCUT2D eigenvalue weighted by atomic mass is 9.81. The first kappa shape index (κ1) is 13.2. The highest BCUT2D eigenvalue weighted by molar-refractivity contribution is 5.12. The van der Waals surface area contributed by atoms with Crippen molar-refractivity contribution in [1.29, 1.82) is 0 Å². The summed E-state index contributed by atoms with van der Waals surface area (Å²) in [6.45, 7) is 4.80. The van der Waals surface area contributed by atoms with Gasteiger partial charge in [-0.25, -0.2) is 0 Å². The van der Waals surface area contributed by atoms with Crippen LogP contribution in [0.15, 0.2) is 6.07 Å². The standard InChI is InChI=1S/C12H23N3O/c1-4-10-6-11(15(3)14-10)7-12(5-2,8-13)9-16/h6,16H,4-5,7-9,13H2,1-3H3. The summed E-state index contributed by atoms with van der Waals surface area (Å²) >= 11 is 0. The lowest BCUT2D eigenvalue weighted by Crippen LogP contribution is -2.36. The molecule has 1 rings (SSSR count). The van der Waals surface area contributed by atoms with E-state index < -0.39 is 0 Å². The molecule has 0 fully saturated rings. The van der Waals surface area contributed by atoms with Gasteiger partial charge in [-0.1, -0.05) is 13.8 Å². The molecule has 0 aromatic carbocycles. The zero-order valence-electron chi connectivity index (χ0n) is 10.5. The van der Waals surface area contributed by atoms with Crippen LogP contribution in [0, 0.1) is 5.41 Å². The lowest BCUT2D eigenvalue weighted by molar-refractivity contribution is 0.125. The van der Waals surface area contributed by atoms with Crippen LogP contribution in [-0.2, 0) is 19.9 Å². The Morgan fingerprint density at radius 2 is 2.19 bits per heavy atom. The fraction of sp³-hybridized carbons (Fsp3) is 0.750. The van der Waals surface area contributed by atoms with E-state index in [0.717, 1.165) is 30.7 Å². The van der Waals surface area contributed by atoms with Crippen LogP contribution in [0.2, 0.25) is 0 Å². The van der Waals surface area contributed by atoms with E-state index in [9.17, 15) is 5.11 Å². The van der Waals surface area contributed by atoms with Crippen molar-refractivity contribution in [3.63, 3.8) is 0 Å². The Bertz CT molecular complexity index is 321. The molecule has 0 aliphatic heterocycles. The van der Waals surface area contributed by atoms with Crippen molar-refractivity contribution >= 4 is 0 Å². The highest BCUT2D eigenvalue weighted by Crippen LogP contribution is 2.25. The summed E-state index contributed by atoms with van der Waals surface area (Å²) in [6, 6.07) is 2.11. The van der Waals surface area contributed by atoms with Gasteiger partial charge < -0.3 is 10.8 Å². The van der Waals surface area contributed by atoms with E-state index in [1.165, 1.54) is 0 Å². The van der Waals surface area contributed by atoms with Gasteiger partial charge >= 0.3 is 0 Å². The van der Waals surface area contributed by atoms with Gasteiger partial charge in [-0.3, -0.25) is 4.68 Å². The summed E-state index contributed by atoms with van der Waals surface area (Å²) in [4.78, 5) is 0. The van der Waals surface area contributed by atoms with Gasteiger partial charge in [-0.05, 0) is 25.3 Å². The zero-order valence-corrected chi connectivity index (χ0v) is 10.5. The number of aliphatic hydroxyl groups excluding tert-OH is 1. The van der Waals surface area contributed by atoms with E-state index in [4.69, 9.17) is 5.73 Å².